The first-order chi connectivity index (χ1) is 7.24. The van der Waals surface area contributed by atoms with Crippen LogP contribution in [0.2, 0.25) is 0 Å². The van der Waals surface area contributed by atoms with Crippen molar-refractivity contribution in [3.63, 3.8) is 0 Å². The molecule has 0 aromatic carbocycles. The Balaban J connectivity index is 2.23. The number of methoxy groups -OCH3 is 1. The van der Waals surface area contributed by atoms with Gasteiger partial charge in [-0.05, 0) is 19.3 Å². The van der Waals surface area contributed by atoms with E-state index in [0.717, 1.165) is 19.6 Å². The minimum atomic E-state index is 0.516. The summed E-state index contributed by atoms with van der Waals surface area (Å²) >= 11 is 1.73. The lowest BCUT2D eigenvalue weighted by Crippen LogP contribution is -2.35. The molecule has 0 saturated heterocycles. The quantitative estimate of drug-likeness (QED) is 0.724. The molecule has 0 radical (unpaired) electrons. The Labute approximate surface area is 95.9 Å². The van der Waals surface area contributed by atoms with Crippen LogP contribution in [0.1, 0.15) is 18.7 Å². The second-order valence-corrected chi connectivity index (χ2v) is 4.86. The molecule has 0 aliphatic heterocycles. The fourth-order valence-electron chi connectivity index (χ4n) is 1.43. The van der Waals surface area contributed by atoms with Gasteiger partial charge in [0.05, 0.1) is 12.1 Å². The third-order valence-electron chi connectivity index (χ3n) is 2.63. The number of thiazole rings is 1. The fourth-order valence-corrected chi connectivity index (χ4v) is 2.16. The number of nitrogens with zero attached hydrogens (tertiary/aromatic N) is 1. The summed E-state index contributed by atoms with van der Waals surface area (Å²) in [5.41, 5.74) is 1.89. The lowest BCUT2D eigenvalue weighted by molar-refractivity contribution is 0.192. The first-order valence-corrected chi connectivity index (χ1v) is 6.21. The molecule has 1 aromatic rings. The Morgan fingerprint density at radius 1 is 1.53 bits per heavy atom. The van der Waals surface area contributed by atoms with Gasteiger partial charge in [0.25, 0.3) is 0 Å². The summed E-state index contributed by atoms with van der Waals surface area (Å²) in [5, 5.41) is 3.45. The molecular weight excluding hydrogens is 208 g/mol. The molecule has 1 rings (SSSR count). The zero-order valence-electron chi connectivity index (χ0n) is 9.69. The minimum Gasteiger partial charge on any atom is -0.383 e. The molecule has 86 valence electrons. The van der Waals surface area contributed by atoms with Crippen LogP contribution in [-0.2, 0) is 11.2 Å². The van der Waals surface area contributed by atoms with Crippen LogP contribution in [0.5, 0.6) is 0 Å². The topological polar surface area (TPSA) is 34.1 Å². The van der Waals surface area contributed by atoms with Gasteiger partial charge in [-0.3, -0.25) is 4.98 Å². The van der Waals surface area contributed by atoms with Crippen LogP contribution in [0, 0.1) is 5.92 Å². The predicted octanol–water partition coefficient (Wildman–Crippen LogP) is 1.95. The Morgan fingerprint density at radius 2 is 2.33 bits per heavy atom. The standard InChI is InChI=1S/C11H20N2OS/c1-9(6-11-7-12-8-15-11)10(2)13-4-5-14-3/h7-10,13H,4-6H2,1-3H3. The molecule has 0 aliphatic rings. The van der Waals surface area contributed by atoms with Gasteiger partial charge in [0.15, 0.2) is 0 Å². The summed E-state index contributed by atoms with van der Waals surface area (Å²) in [5.74, 6) is 0.627. The van der Waals surface area contributed by atoms with E-state index in [2.05, 4.69) is 24.1 Å². The molecule has 0 spiro atoms. The van der Waals surface area contributed by atoms with Crippen molar-refractivity contribution in [2.45, 2.75) is 26.3 Å². The largest absolute Gasteiger partial charge is 0.383 e. The van der Waals surface area contributed by atoms with Gasteiger partial charge in [-0.25, -0.2) is 0 Å². The molecular formula is C11H20N2OS. The van der Waals surface area contributed by atoms with Crippen molar-refractivity contribution in [3.05, 3.63) is 16.6 Å². The Kier molecular flexibility index (Phi) is 5.83. The molecule has 0 saturated carbocycles. The van der Waals surface area contributed by atoms with Gasteiger partial charge in [0.1, 0.15) is 0 Å². The molecule has 2 unspecified atom stereocenters. The van der Waals surface area contributed by atoms with Gasteiger partial charge < -0.3 is 10.1 Å². The van der Waals surface area contributed by atoms with Crippen molar-refractivity contribution in [3.8, 4) is 0 Å². The van der Waals surface area contributed by atoms with Crippen LogP contribution < -0.4 is 5.32 Å². The number of aromatic nitrogens is 1. The highest BCUT2D eigenvalue weighted by atomic mass is 32.1. The zero-order chi connectivity index (χ0) is 11.1. The van der Waals surface area contributed by atoms with Crippen molar-refractivity contribution >= 4 is 11.3 Å². The molecule has 1 heterocycles. The average Bonchev–Trinajstić information content (AvgIpc) is 2.70. The Hall–Kier alpha value is -0.450. The number of ether oxygens (including phenoxy) is 1. The second-order valence-electron chi connectivity index (χ2n) is 3.88. The van der Waals surface area contributed by atoms with E-state index >= 15 is 0 Å². The fraction of sp³-hybridized carbons (Fsp3) is 0.727. The summed E-state index contributed by atoms with van der Waals surface area (Å²) in [7, 11) is 1.73. The van der Waals surface area contributed by atoms with E-state index in [0.29, 0.717) is 12.0 Å². The maximum absolute atomic E-state index is 5.01. The van der Waals surface area contributed by atoms with Crippen LogP contribution in [0.4, 0.5) is 0 Å². The molecule has 0 bridgehead atoms. The van der Waals surface area contributed by atoms with E-state index in [-0.39, 0.29) is 0 Å². The minimum absolute atomic E-state index is 0.516. The molecule has 15 heavy (non-hydrogen) atoms. The lowest BCUT2D eigenvalue weighted by Gasteiger charge is -2.20. The van der Waals surface area contributed by atoms with Crippen molar-refractivity contribution in [1.29, 1.82) is 0 Å². The van der Waals surface area contributed by atoms with Gasteiger partial charge in [0.2, 0.25) is 0 Å². The van der Waals surface area contributed by atoms with E-state index in [4.69, 9.17) is 4.74 Å². The summed E-state index contributed by atoms with van der Waals surface area (Å²) in [6.45, 7) is 6.19. The average molecular weight is 228 g/mol. The molecule has 4 heteroatoms. The van der Waals surface area contributed by atoms with Gasteiger partial charge >= 0.3 is 0 Å². The van der Waals surface area contributed by atoms with E-state index < -0.39 is 0 Å². The van der Waals surface area contributed by atoms with Gasteiger partial charge in [-0.2, -0.15) is 0 Å². The maximum atomic E-state index is 5.01. The van der Waals surface area contributed by atoms with Crippen molar-refractivity contribution < 1.29 is 4.74 Å². The number of rotatable bonds is 7. The molecule has 3 nitrogen and oxygen atoms in total. The Morgan fingerprint density at radius 3 is 2.93 bits per heavy atom. The predicted molar refractivity (Wildman–Crippen MR) is 64.3 cm³/mol. The van der Waals surface area contributed by atoms with E-state index in [1.54, 1.807) is 18.4 Å². The third kappa shape index (κ3) is 4.73. The third-order valence-corrected chi connectivity index (χ3v) is 3.43. The van der Waals surface area contributed by atoms with Crippen molar-refractivity contribution in [1.82, 2.24) is 10.3 Å². The summed E-state index contributed by atoms with van der Waals surface area (Å²) in [4.78, 5) is 5.45. The van der Waals surface area contributed by atoms with Gasteiger partial charge in [-0.1, -0.05) is 6.92 Å². The number of hydrogen-bond donors (Lipinski definition) is 1. The lowest BCUT2D eigenvalue weighted by atomic mass is 9.99. The zero-order valence-corrected chi connectivity index (χ0v) is 10.5. The molecule has 0 aliphatic carbocycles. The van der Waals surface area contributed by atoms with Crippen molar-refractivity contribution in [2.75, 3.05) is 20.3 Å². The van der Waals surface area contributed by atoms with Crippen LogP contribution in [0.3, 0.4) is 0 Å². The Bertz CT molecular complexity index is 251. The number of hydrogen-bond acceptors (Lipinski definition) is 4. The van der Waals surface area contributed by atoms with Gasteiger partial charge in [0, 0.05) is 30.8 Å². The highest BCUT2D eigenvalue weighted by Gasteiger charge is 2.12. The van der Waals surface area contributed by atoms with Crippen LogP contribution in [0.15, 0.2) is 11.7 Å². The smallest absolute Gasteiger partial charge is 0.0794 e. The maximum Gasteiger partial charge on any atom is 0.0794 e. The van der Waals surface area contributed by atoms with Crippen LogP contribution in [0.25, 0.3) is 0 Å². The summed E-state index contributed by atoms with van der Waals surface area (Å²) < 4.78 is 5.01. The second kappa shape index (κ2) is 6.93. The van der Waals surface area contributed by atoms with E-state index in [1.807, 2.05) is 11.7 Å². The van der Waals surface area contributed by atoms with Gasteiger partial charge in [-0.15, -0.1) is 11.3 Å². The summed E-state index contributed by atoms with van der Waals surface area (Å²) in [6.07, 6.45) is 3.06. The monoisotopic (exact) mass is 228 g/mol. The number of nitrogens with one attached hydrogen (secondary N) is 1. The first kappa shape index (κ1) is 12.6. The molecule has 0 amide bonds. The van der Waals surface area contributed by atoms with Crippen molar-refractivity contribution in [2.24, 2.45) is 5.92 Å². The molecule has 0 fully saturated rings. The van der Waals surface area contributed by atoms with E-state index in [9.17, 15) is 0 Å². The first-order valence-electron chi connectivity index (χ1n) is 5.33. The van der Waals surface area contributed by atoms with E-state index in [1.165, 1.54) is 4.88 Å². The van der Waals surface area contributed by atoms with Crippen LogP contribution in [-0.4, -0.2) is 31.3 Å². The highest BCUT2D eigenvalue weighted by molar-refractivity contribution is 7.09. The highest BCUT2D eigenvalue weighted by Crippen LogP contribution is 2.14. The van der Waals surface area contributed by atoms with Crippen LogP contribution >= 0.6 is 11.3 Å². The normalized spacial score (nSPS) is 15.1. The SMILES string of the molecule is COCCNC(C)C(C)Cc1cncs1. The molecule has 2 atom stereocenters. The molecule has 1 N–H and O–H groups in total. The molecule has 1 aromatic heterocycles. The summed E-state index contributed by atoms with van der Waals surface area (Å²) in [6, 6.07) is 0.516.